The lowest BCUT2D eigenvalue weighted by Gasteiger charge is -2.29. The predicted octanol–water partition coefficient (Wildman–Crippen LogP) is 3.63. The summed E-state index contributed by atoms with van der Waals surface area (Å²) < 4.78 is 11.0. The lowest BCUT2D eigenvalue weighted by atomic mass is 10.1. The molecular formula is C16H22O3S. The lowest BCUT2D eigenvalue weighted by Crippen LogP contribution is -2.29. The number of thioether (sulfide) groups is 1. The predicted molar refractivity (Wildman–Crippen MR) is 82.4 cm³/mol. The largest absolute Gasteiger partial charge is 0.481 e. The Morgan fingerprint density at radius 3 is 2.75 bits per heavy atom. The van der Waals surface area contributed by atoms with Crippen molar-refractivity contribution in [2.75, 3.05) is 13.7 Å². The Balaban J connectivity index is 2.20. The van der Waals surface area contributed by atoms with Crippen LogP contribution in [0.1, 0.15) is 38.0 Å². The van der Waals surface area contributed by atoms with Crippen molar-refractivity contribution in [3.63, 3.8) is 0 Å². The van der Waals surface area contributed by atoms with E-state index >= 15 is 0 Å². The highest BCUT2D eigenvalue weighted by atomic mass is 32.2. The molecule has 2 unspecified atom stereocenters. The number of hydrogen-bond acceptors (Lipinski definition) is 4. The van der Waals surface area contributed by atoms with Crippen LogP contribution in [0, 0.1) is 0 Å². The van der Waals surface area contributed by atoms with Crippen molar-refractivity contribution in [3.8, 4) is 5.75 Å². The maximum Gasteiger partial charge on any atom is 0.172 e. The average Bonchev–Trinajstić information content (AvgIpc) is 2.75. The number of para-hydroxylation sites is 1. The Kier molecular flexibility index (Phi) is 4.76. The summed E-state index contributed by atoms with van der Waals surface area (Å²) in [4.78, 5) is 11.9. The minimum Gasteiger partial charge on any atom is -0.481 e. The Morgan fingerprint density at radius 1 is 1.40 bits per heavy atom. The summed E-state index contributed by atoms with van der Waals surface area (Å²) in [6, 6.07) is 7.94. The number of methoxy groups -OCH3 is 1. The zero-order chi connectivity index (χ0) is 14.8. The SMILES string of the molecule is COCCC(C)(C)SC1c2ccccc2OC1C(C)=O. The van der Waals surface area contributed by atoms with Gasteiger partial charge in [-0.2, -0.15) is 0 Å². The third-order valence-electron chi connectivity index (χ3n) is 3.51. The van der Waals surface area contributed by atoms with Crippen molar-refractivity contribution in [2.24, 2.45) is 0 Å². The fraction of sp³-hybridized carbons (Fsp3) is 0.562. The number of carbonyl (C=O) groups is 1. The second-order valence-electron chi connectivity index (χ2n) is 5.73. The molecule has 0 N–H and O–H groups in total. The van der Waals surface area contributed by atoms with Crippen LogP contribution in [-0.4, -0.2) is 30.4 Å². The van der Waals surface area contributed by atoms with Gasteiger partial charge in [0.1, 0.15) is 5.75 Å². The van der Waals surface area contributed by atoms with Gasteiger partial charge in [-0.25, -0.2) is 0 Å². The minimum atomic E-state index is -0.376. The molecule has 4 heteroatoms. The summed E-state index contributed by atoms with van der Waals surface area (Å²) in [5.74, 6) is 0.925. The number of ether oxygens (including phenoxy) is 2. The van der Waals surface area contributed by atoms with Gasteiger partial charge < -0.3 is 9.47 Å². The quantitative estimate of drug-likeness (QED) is 0.802. The van der Waals surface area contributed by atoms with Crippen LogP contribution in [0.5, 0.6) is 5.75 Å². The standard InChI is InChI=1S/C16H22O3S/c1-11(17)14-15(20-16(2,3)9-10-18-4)12-7-5-6-8-13(12)19-14/h5-8,14-15H,9-10H2,1-4H3. The summed E-state index contributed by atoms with van der Waals surface area (Å²) in [6.07, 6.45) is 0.566. The molecule has 2 atom stereocenters. The van der Waals surface area contributed by atoms with E-state index in [1.807, 2.05) is 18.2 Å². The molecule has 3 nitrogen and oxygen atoms in total. The molecule has 2 rings (SSSR count). The van der Waals surface area contributed by atoms with Gasteiger partial charge in [0.2, 0.25) is 0 Å². The van der Waals surface area contributed by atoms with Crippen LogP contribution in [-0.2, 0) is 9.53 Å². The maximum atomic E-state index is 11.9. The van der Waals surface area contributed by atoms with E-state index in [2.05, 4.69) is 19.9 Å². The molecule has 0 bridgehead atoms. The summed E-state index contributed by atoms with van der Waals surface area (Å²) >= 11 is 1.80. The third-order valence-corrected chi connectivity index (χ3v) is 5.11. The first-order valence-electron chi connectivity index (χ1n) is 6.87. The molecule has 1 aromatic carbocycles. The van der Waals surface area contributed by atoms with Crippen LogP contribution in [0.3, 0.4) is 0 Å². The molecule has 1 aromatic rings. The first-order valence-corrected chi connectivity index (χ1v) is 7.75. The number of Topliss-reactive ketones (excluding diaryl/α,β-unsaturated/α-hetero) is 1. The average molecular weight is 294 g/mol. The van der Waals surface area contributed by atoms with Crippen LogP contribution in [0.2, 0.25) is 0 Å². The highest BCUT2D eigenvalue weighted by Gasteiger charge is 2.40. The second kappa shape index (κ2) is 6.19. The molecule has 1 aliphatic heterocycles. The van der Waals surface area contributed by atoms with E-state index < -0.39 is 0 Å². The number of hydrogen-bond donors (Lipinski definition) is 0. The van der Waals surface area contributed by atoms with Gasteiger partial charge in [-0.3, -0.25) is 4.79 Å². The van der Waals surface area contributed by atoms with Crippen molar-refractivity contribution < 1.29 is 14.3 Å². The Morgan fingerprint density at radius 2 is 2.10 bits per heavy atom. The molecule has 0 fully saturated rings. The summed E-state index contributed by atoms with van der Waals surface area (Å²) in [5.41, 5.74) is 1.13. The van der Waals surface area contributed by atoms with Crippen molar-refractivity contribution in [3.05, 3.63) is 29.8 Å². The van der Waals surface area contributed by atoms with E-state index in [4.69, 9.17) is 9.47 Å². The van der Waals surface area contributed by atoms with Crippen molar-refractivity contribution in [1.29, 1.82) is 0 Å². The Hall–Kier alpha value is -1.00. The number of benzene rings is 1. The smallest absolute Gasteiger partial charge is 0.172 e. The topological polar surface area (TPSA) is 35.5 Å². The van der Waals surface area contributed by atoms with Gasteiger partial charge in [-0.15, -0.1) is 11.8 Å². The van der Waals surface area contributed by atoms with E-state index in [0.717, 1.165) is 24.3 Å². The van der Waals surface area contributed by atoms with Crippen LogP contribution in [0.25, 0.3) is 0 Å². The Bertz CT molecular complexity index is 484. The summed E-state index contributed by atoms with van der Waals surface area (Å²) in [6.45, 7) is 6.70. The van der Waals surface area contributed by atoms with Crippen molar-refractivity contribution in [2.45, 2.75) is 43.3 Å². The van der Waals surface area contributed by atoms with Crippen LogP contribution < -0.4 is 4.74 Å². The van der Waals surface area contributed by atoms with E-state index in [1.54, 1.807) is 25.8 Å². The monoisotopic (exact) mass is 294 g/mol. The zero-order valence-electron chi connectivity index (χ0n) is 12.5. The van der Waals surface area contributed by atoms with Crippen molar-refractivity contribution >= 4 is 17.5 Å². The maximum absolute atomic E-state index is 11.9. The summed E-state index contributed by atoms with van der Waals surface area (Å²) in [5, 5.41) is 0.0653. The van der Waals surface area contributed by atoms with Crippen LogP contribution in [0.15, 0.2) is 24.3 Å². The number of carbonyl (C=O) groups excluding carboxylic acids is 1. The van der Waals surface area contributed by atoms with Gasteiger partial charge in [0.25, 0.3) is 0 Å². The molecule has 0 aliphatic carbocycles. The fourth-order valence-electron chi connectivity index (χ4n) is 2.36. The minimum absolute atomic E-state index is 0.0369. The lowest BCUT2D eigenvalue weighted by molar-refractivity contribution is -0.122. The van der Waals surface area contributed by atoms with E-state index in [0.29, 0.717) is 0 Å². The second-order valence-corrected chi connectivity index (χ2v) is 7.58. The number of fused-ring (bicyclic) bond motifs is 1. The molecular weight excluding hydrogens is 272 g/mol. The molecule has 0 amide bonds. The molecule has 1 heterocycles. The highest BCUT2D eigenvalue weighted by Crippen LogP contribution is 2.50. The van der Waals surface area contributed by atoms with Gasteiger partial charge in [-0.1, -0.05) is 32.0 Å². The molecule has 1 aliphatic rings. The molecule has 0 saturated heterocycles. The molecule has 0 aromatic heterocycles. The van der Waals surface area contributed by atoms with Crippen molar-refractivity contribution in [1.82, 2.24) is 0 Å². The molecule has 0 radical (unpaired) electrons. The highest BCUT2D eigenvalue weighted by molar-refractivity contribution is 8.00. The molecule has 0 saturated carbocycles. The molecule has 110 valence electrons. The molecule has 0 spiro atoms. The van der Waals surface area contributed by atoms with E-state index in [9.17, 15) is 4.79 Å². The van der Waals surface area contributed by atoms with Gasteiger partial charge in [0, 0.05) is 24.0 Å². The first kappa shape index (κ1) is 15.4. The summed E-state index contributed by atoms with van der Waals surface area (Å²) in [7, 11) is 1.72. The van der Waals surface area contributed by atoms with Crippen LogP contribution >= 0.6 is 11.8 Å². The first-order chi connectivity index (χ1) is 9.44. The van der Waals surface area contributed by atoms with Gasteiger partial charge >= 0.3 is 0 Å². The van der Waals surface area contributed by atoms with Gasteiger partial charge in [0.15, 0.2) is 11.9 Å². The third kappa shape index (κ3) is 3.36. The number of rotatable bonds is 6. The van der Waals surface area contributed by atoms with Gasteiger partial charge in [-0.05, 0) is 19.4 Å². The Labute approximate surface area is 125 Å². The normalized spacial score (nSPS) is 21.4. The van der Waals surface area contributed by atoms with Gasteiger partial charge in [0.05, 0.1) is 5.25 Å². The van der Waals surface area contributed by atoms with E-state index in [1.165, 1.54) is 0 Å². The van der Waals surface area contributed by atoms with Crippen LogP contribution in [0.4, 0.5) is 0 Å². The fourth-order valence-corrected chi connectivity index (χ4v) is 3.94. The number of ketones is 1. The van der Waals surface area contributed by atoms with E-state index in [-0.39, 0.29) is 21.9 Å². The zero-order valence-corrected chi connectivity index (χ0v) is 13.3. The molecule has 20 heavy (non-hydrogen) atoms.